The molecule has 1 fully saturated rings. The summed E-state index contributed by atoms with van der Waals surface area (Å²) in [4.78, 5) is 20.4. The van der Waals surface area contributed by atoms with E-state index in [1.165, 1.54) is 37.4 Å². The highest BCUT2D eigenvalue weighted by atomic mass is 19.3. The van der Waals surface area contributed by atoms with Gasteiger partial charge in [0.05, 0.1) is 34.9 Å². The first kappa shape index (κ1) is 28.3. The number of alkyl halides is 2. The Labute approximate surface area is 242 Å². The maximum Gasteiger partial charge on any atom is 0.335 e. The van der Waals surface area contributed by atoms with Crippen molar-refractivity contribution in [1.82, 2.24) is 24.3 Å². The summed E-state index contributed by atoms with van der Waals surface area (Å²) in [6.07, 6.45) is -2.00. The van der Waals surface area contributed by atoms with Crippen LogP contribution in [-0.2, 0) is 31.4 Å². The number of hydrogen-bond donors (Lipinski definition) is 1. The highest BCUT2D eigenvalue weighted by molar-refractivity contribution is 5.92. The summed E-state index contributed by atoms with van der Waals surface area (Å²) in [5, 5.41) is 13.4. The molecule has 13 heteroatoms. The molecule has 0 spiro atoms. The Hall–Kier alpha value is -4.78. The van der Waals surface area contributed by atoms with Crippen molar-refractivity contribution in [2.45, 2.75) is 38.5 Å². The minimum Gasteiger partial charge on any atom is -0.478 e. The van der Waals surface area contributed by atoms with Crippen molar-refractivity contribution in [3.05, 3.63) is 94.6 Å². The number of imidazole rings is 1. The molecule has 2 aromatic carbocycles. The van der Waals surface area contributed by atoms with Gasteiger partial charge >= 0.3 is 5.97 Å². The second kappa shape index (κ2) is 11.5. The second-order valence-corrected chi connectivity index (χ2v) is 10.2. The van der Waals surface area contributed by atoms with Crippen LogP contribution in [0.2, 0.25) is 0 Å². The number of aryl methyl sites for hydroxylation is 1. The number of rotatable bonds is 10. The van der Waals surface area contributed by atoms with E-state index >= 15 is 8.78 Å². The third-order valence-corrected chi connectivity index (χ3v) is 7.30. The number of pyridine rings is 1. The summed E-state index contributed by atoms with van der Waals surface area (Å²) in [6, 6.07) is 12.5. The summed E-state index contributed by atoms with van der Waals surface area (Å²) in [7, 11) is 1.40. The van der Waals surface area contributed by atoms with Crippen LogP contribution in [0.1, 0.15) is 46.0 Å². The van der Waals surface area contributed by atoms with Gasteiger partial charge in [0, 0.05) is 31.7 Å². The zero-order valence-electron chi connectivity index (χ0n) is 22.8. The molecule has 6 rings (SSSR count). The van der Waals surface area contributed by atoms with Gasteiger partial charge in [0.25, 0.3) is 6.43 Å². The van der Waals surface area contributed by atoms with Gasteiger partial charge in [0.1, 0.15) is 35.5 Å². The molecular formula is C30H25F4N5O4. The molecule has 0 aliphatic carbocycles. The van der Waals surface area contributed by atoms with Gasteiger partial charge in [-0.05, 0) is 54.4 Å². The molecule has 1 saturated heterocycles. The number of aromatic carboxylic acids is 1. The molecule has 1 N–H and O–H groups in total. The lowest BCUT2D eigenvalue weighted by molar-refractivity contribution is -0.0589. The molecule has 43 heavy (non-hydrogen) atoms. The molecule has 0 amide bonds. The number of nitrogens with zero attached hydrogens (tertiary/aromatic N) is 5. The maximum absolute atomic E-state index is 15.4. The van der Waals surface area contributed by atoms with Crippen LogP contribution in [0, 0.1) is 11.6 Å². The number of carboxylic acids is 1. The number of fused-ring (bicyclic) bond motifs is 1. The average molecular weight is 596 g/mol. The number of carbonyl (C=O) groups is 1. The van der Waals surface area contributed by atoms with E-state index in [-0.39, 0.29) is 58.8 Å². The third kappa shape index (κ3) is 5.80. The number of carboxylic acid groups (broad SMARTS) is 1. The van der Waals surface area contributed by atoms with Crippen LogP contribution in [0.3, 0.4) is 0 Å². The van der Waals surface area contributed by atoms with Crippen molar-refractivity contribution in [1.29, 1.82) is 0 Å². The molecule has 1 aliphatic heterocycles. The summed E-state index contributed by atoms with van der Waals surface area (Å²) < 4.78 is 70.9. The summed E-state index contributed by atoms with van der Waals surface area (Å²) in [6.45, 7) is 0.876. The number of halogens is 4. The van der Waals surface area contributed by atoms with Crippen LogP contribution in [0.25, 0.3) is 22.3 Å². The molecule has 3 aromatic heterocycles. The largest absolute Gasteiger partial charge is 0.478 e. The molecule has 0 saturated carbocycles. The van der Waals surface area contributed by atoms with Gasteiger partial charge in [-0.3, -0.25) is 4.68 Å². The Kier molecular flexibility index (Phi) is 7.57. The SMILES string of the molecule is Cn1nc(COc2cccc(-c3cc(F)c(Cc4nc5ccc(C(=O)O)cc5n4C[C@@H]4CCO4)cc3F)n2)cc1C(F)F. The fourth-order valence-electron chi connectivity index (χ4n) is 4.98. The molecule has 0 unspecified atom stereocenters. The lowest BCUT2D eigenvalue weighted by Crippen LogP contribution is -2.31. The van der Waals surface area contributed by atoms with E-state index < -0.39 is 24.0 Å². The van der Waals surface area contributed by atoms with E-state index in [1.54, 1.807) is 16.7 Å². The van der Waals surface area contributed by atoms with Gasteiger partial charge < -0.3 is 19.1 Å². The van der Waals surface area contributed by atoms with Crippen molar-refractivity contribution in [2.75, 3.05) is 6.61 Å². The van der Waals surface area contributed by atoms with Gasteiger partial charge in [0.15, 0.2) is 0 Å². The Morgan fingerprint density at radius 2 is 1.93 bits per heavy atom. The van der Waals surface area contributed by atoms with E-state index in [0.29, 0.717) is 30.0 Å². The molecule has 222 valence electrons. The van der Waals surface area contributed by atoms with Gasteiger partial charge in [0.2, 0.25) is 5.88 Å². The molecular weight excluding hydrogens is 570 g/mol. The smallest absolute Gasteiger partial charge is 0.335 e. The van der Waals surface area contributed by atoms with Crippen LogP contribution in [0.4, 0.5) is 17.6 Å². The van der Waals surface area contributed by atoms with E-state index in [4.69, 9.17) is 9.47 Å². The predicted molar refractivity (Wildman–Crippen MR) is 146 cm³/mol. The Bertz CT molecular complexity index is 1830. The Morgan fingerprint density at radius 1 is 1.12 bits per heavy atom. The highest BCUT2D eigenvalue weighted by Gasteiger charge is 2.24. The zero-order valence-corrected chi connectivity index (χ0v) is 22.8. The fraction of sp³-hybridized carbons (Fsp3) is 0.267. The van der Waals surface area contributed by atoms with E-state index in [9.17, 15) is 18.7 Å². The third-order valence-electron chi connectivity index (χ3n) is 7.30. The van der Waals surface area contributed by atoms with Gasteiger partial charge in [-0.25, -0.2) is 32.3 Å². The van der Waals surface area contributed by atoms with Crippen LogP contribution in [0.5, 0.6) is 5.88 Å². The monoisotopic (exact) mass is 595 g/mol. The Balaban J connectivity index is 1.25. The number of ether oxygens (including phenoxy) is 2. The summed E-state index contributed by atoms with van der Waals surface area (Å²) in [5.74, 6) is -1.95. The minimum absolute atomic E-state index is 0.0475. The minimum atomic E-state index is -2.69. The van der Waals surface area contributed by atoms with Crippen molar-refractivity contribution >= 4 is 17.0 Å². The molecule has 1 aliphatic rings. The number of benzene rings is 2. The van der Waals surface area contributed by atoms with Crippen LogP contribution < -0.4 is 4.74 Å². The van der Waals surface area contributed by atoms with Gasteiger partial charge in [-0.15, -0.1) is 0 Å². The highest BCUT2D eigenvalue weighted by Crippen LogP contribution is 2.29. The van der Waals surface area contributed by atoms with E-state index in [1.807, 2.05) is 0 Å². The van der Waals surface area contributed by atoms with E-state index in [2.05, 4.69) is 15.1 Å². The second-order valence-electron chi connectivity index (χ2n) is 10.2. The van der Waals surface area contributed by atoms with Crippen LogP contribution in [0.15, 0.2) is 54.6 Å². The lowest BCUT2D eigenvalue weighted by atomic mass is 10.0. The lowest BCUT2D eigenvalue weighted by Gasteiger charge is -2.27. The molecule has 9 nitrogen and oxygen atoms in total. The average Bonchev–Trinajstić information content (AvgIpc) is 3.50. The Morgan fingerprint density at radius 3 is 2.63 bits per heavy atom. The fourth-order valence-corrected chi connectivity index (χ4v) is 4.98. The van der Waals surface area contributed by atoms with Crippen LogP contribution >= 0.6 is 0 Å². The number of hydrogen-bond acceptors (Lipinski definition) is 6. The standard InChI is InChI=1S/C30H25F4N5O4/c1-38-26(29(33)34)12-18(37-38)15-43-28-4-2-3-23(36-28)20-13-21(31)17(9-22(20)32)11-27-35-24-6-5-16(30(40)41)10-25(24)39(27)14-19-7-8-42-19/h2-6,9-10,12-13,19,29H,7-8,11,14-15H2,1H3,(H,40,41)/t19-/m0/s1. The first-order chi connectivity index (χ1) is 20.7. The van der Waals surface area contributed by atoms with E-state index in [0.717, 1.165) is 23.2 Å². The first-order valence-electron chi connectivity index (χ1n) is 13.4. The van der Waals surface area contributed by atoms with Crippen molar-refractivity contribution in [3.8, 4) is 17.1 Å². The molecule has 0 bridgehead atoms. The summed E-state index contributed by atoms with van der Waals surface area (Å²) in [5.41, 5.74) is 1.29. The van der Waals surface area contributed by atoms with Crippen molar-refractivity contribution in [2.24, 2.45) is 7.05 Å². The number of aromatic nitrogens is 5. The predicted octanol–water partition coefficient (Wildman–Crippen LogP) is 5.70. The molecule has 4 heterocycles. The zero-order chi connectivity index (χ0) is 30.2. The summed E-state index contributed by atoms with van der Waals surface area (Å²) >= 11 is 0. The molecule has 0 radical (unpaired) electrons. The van der Waals surface area contributed by atoms with Crippen molar-refractivity contribution < 1.29 is 36.9 Å². The molecule has 5 aromatic rings. The molecule has 1 atom stereocenters. The quantitative estimate of drug-likeness (QED) is 0.207. The maximum atomic E-state index is 15.4. The van der Waals surface area contributed by atoms with Crippen LogP contribution in [-0.4, -0.2) is 48.1 Å². The van der Waals surface area contributed by atoms with Gasteiger partial charge in [-0.2, -0.15) is 5.10 Å². The van der Waals surface area contributed by atoms with Gasteiger partial charge in [-0.1, -0.05) is 6.07 Å². The first-order valence-corrected chi connectivity index (χ1v) is 13.4. The normalized spacial score (nSPS) is 14.8. The van der Waals surface area contributed by atoms with Crippen molar-refractivity contribution in [3.63, 3.8) is 0 Å². The topological polar surface area (TPSA) is 104 Å².